The van der Waals surface area contributed by atoms with Gasteiger partial charge in [0.15, 0.2) is 8.32 Å². The summed E-state index contributed by atoms with van der Waals surface area (Å²) in [5.41, 5.74) is 1.20. The van der Waals surface area contributed by atoms with Gasteiger partial charge in [-0.2, -0.15) is 0 Å². The largest absolute Gasteiger partial charge is 0.414 e. The van der Waals surface area contributed by atoms with Crippen LogP contribution in [0.2, 0.25) is 18.1 Å². The molecule has 3 fully saturated rings. The van der Waals surface area contributed by atoms with E-state index in [1.54, 1.807) is 0 Å². The molecule has 4 aliphatic carbocycles. The number of fused-ring (bicyclic) bond motifs is 5. The van der Waals surface area contributed by atoms with E-state index in [9.17, 15) is 7.85 Å². The van der Waals surface area contributed by atoms with Crippen molar-refractivity contribution in [2.75, 3.05) is 6.56 Å². The van der Waals surface area contributed by atoms with Crippen LogP contribution < -0.4 is 0 Å². The fourth-order valence-corrected chi connectivity index (χ4v) is 9.17. The minimum Gasteiger partial charge on any atom is -0.414 e. The summed E-state index contributed by atoms with van der Waals surface area (Å²) in [4.78, 5) is 0. The summed E-state index contributed by atoms with van der Waals surface area (Å²) < 4.78 is 41.3. The van der Waals surface area contributed by atoms with Crippen molar-refractivity contribution in [3.63, 3.8) is 0 Å². The summed E-state index contributed by atoms with van der Waals surface area (Å²) in [5.74, 6) is 0.185. The normalized spacial score (nSPS) is 48.2. The Kier molecular flexibility index (Phi) is 4.94. The van der Waals surface area contributed by atoms with Crippen molar-refractivity contribution in [1.29, 1.82) is 0 Å². The number of rotatable bonds is 4. The highest BCUT2D eigenvalue weighted by Crippen LogP contribution is 2.67. The van der Waals surface area contributed by atoms with Gasteiger partial charge in [-0.15, -0.1) is 0 Å². The molecule has 3 saturated carbocycles. The second-order valence-electron chi connectivity index (χ2n) is 13.4. The molecule has 3 heteroatoms. The average molecular weight is 451 g/mol. The van der Waals surface area contributed by atoms with E-state index in [2.05, 4.69) is 47.7 Å². The molecule has 0 radical (unpaired) electrons. The topological polar surface area (TPSA) is 29.5 Å². The van der Waals surface area contributed by atoms with Crippen molar-refractivity contribution in [2.24, 2.45) is 40.4 Å². The van der Waals surface area contributed by atoms with Gasteiger partial charge in [-0.1, -0.05) is 53.2 Å². The lowest BCUT2D eigenvalue weighted by molar-refractivity contribution is -0.0591. The molecule has 4 rings (SSSR count). The van der Waals surface area contributed by atoms with Crippen molar-refractivity contribution >= 4 is 8.32 Å². The molecule has 0 aromatic heterocycles. The Morgan fingerprint density at radius 2 is 1.90 bits per heavy atom. The molecule has 0 saturated heterocycles. The van der Waals surface area contributed by atoms with Crippen LogP contribution in [0.15, 0.2) is 11.6 Å². The van der Waals surface area contributed by atoms with E-state index in [-0.39, 0.29) is 39.7 Å². The van der Waals surface area contributed by atoms with E-state index in [0.717, 1.165) is 44.9 Å². The van der Waals surface area contributed by atoms with E-state index >= 15 is 0 Å². The first kappa shape index (κ1) is 19.2. The second kappa shape index (κ2) is 7.98. The Morgan fingerprint density at radius 3 is 2.55 bits per heavy atom. The molecule has 4 aliphatic rings. The van der Waals surface area contributed by atoms with Gasteiger partial charge < -0.3 is 9.53 Å². The van der Waals surface area contributed by atoms with Gasteiger partial charge in [0.25, 0.3) is 0 Å². The Bertz CT molecular complexity index is 860. The van der Waals surface area contributed by atoms with E-state index in [1.165, 1.54) is 5.57 Å². The zero-order chi connectivity index (χ0) is 26.4. The molecule has 0 aliphatic heterocycles. The highest BCUT2D eigenvalue weighted by Gasteiger charge is 2.59. The first-order valence-corrected chi connectivity index (χ1v) is 15.8. The minimum atomic E-state index is -2.19. The molecule has 8 atom stereocenters. The van der Waals surface area contributed by atoms with Crippen LogP contribution in [0.5, 0.6) is 0 Å². The highest BCUT2D eigenvalue weighted by molar-refractivity contribution is 6.74. The summed E-state index contributed by atoms with van der Waals surface area (Å²) in [6.07, 6.45) is 7.65. The quantitative estimate of drug-likeness (QED) is 0.353. The lowest BCUT2D eigenvalue weighted by atomic mass is 9.47. The van der Waals surface area contributed by atoms with Crippen LogP contribution in [0.25, 0.3) is 0 Å². The molecule has 0 amide bonds. The molecule has 178 valence electrons. The van der Waals surface area contributed by atoms with E-state index in [4.69, 9.17) is 7.17 Å². The molecule has 0 unspecified atom stereocenters. The van der Waals surface area contributed by atoms with Crippen molar-refractivity contribution < 1.29 is 15.0 Å². The summed E-state index contributed by atoms with van der Waals surface area (Å²) in [7, 11) is -1.88. The average Bonchev–Trinajstić information content (AvgIpc) is 3.03. The Labute approximate surface area is 199 Å². The summed E-state index contributed by atoms with van der Waals surface area (Å²) in [5, 5.41) is 10.3. The van der Waals surface area contributed by atoms with Gasteiger partial charge >= 0.3 is 0 Å². The smallest absolute Gasteiger partial charge is 0.192 e. The second-order valence-corrected chi connectivity index (χ2v) is 18.1. The van der Waals surface area contributed by atoms with Gasteiger partial charge in [0, 0.05) is 15.4 Å². The van der Waals surface area contributed by atoms with Crippen molar-refractivity contribution in [1.82, 2.24) is 0 Å². The Morgan fingerprint density at radius 1 is 1.19 bits per heavy atom. The van der Waals surface area contributed by atoms with Crippen LogP contribution in [-0.4, -0.2) is 26.1 Å². The number of hydrogen-bond donors (Lipinski definition) is 1. The third kappa shape index (κ3) is 3.83. The van der Waals surface area contributed by atoms with E-state index < -0.39 is 27.2 Å². The van der Waals surface area contributed by atoms with Gasteiger partial charge in [0.05, 0.1) is 2.74 Å². The molecule has 0 aromatic rings. The van der Waals surface area contributed by atoms with Crippen molar-refractivity contribution in [2.45, 2.75) is 117 Å². The minimum absolute atomic E-state index is 0.0279. The van der Waals surface area contributed by atoms with Crippen molar-refractivity contribution in [3.8, 4) is 0 Å². The third-order valence-electron chi connectivity index (χ3n) is 10.9. The van der Waals surface area contributed by atoms with Gasteiger partial charge in [-0.3, -0.25) is 0 Å². The number of hydrogen-bond acceptors (Lipinski definition) is 2. The molecule has 0 aromatic carbocycles. The molecule has 2 nitrogen and oxygen atoms in total. The zero-order valence-corrected chi connectivity index (χ0v) is 22.3. The number of aliphatic hydroxyl groups is 1. The molecule has 0 bridgehead atoms. The van der Waals surface area contributed by atoms with Gasteiger partial charge in [0.1, 0.15) is 0 Å². The molecule has 0 spiro atoms. The van der Waals surface area contributed by atoms with Crippen LogP contribution in [0.3, 0.4) is 0 Å². The van der Waals surface area contributed by atoms with Crippen LogP contribution in [-0.2, 0) is 4.43 Å². The lowest BCUT2D eigenvalue weighted by Crippen LogP contribution is -2.52. The van der Waals surface area contributed by atoms with Gasteiger partial charge in [-0.25, -0.2) is 0 Å². The number of allylic oxidation sites excluding steroid dienone is 1. The summed E-state index contributed by atoms with van der Waals surface area (Å²) in [6, 6.07) is 0. The molecule has 31 heavy (non-hydrogen) atoms. The lowest BCUT2D eigenvalue weighted by Gasteiger charge is -2.59. The maximum absolute atomic E-state index is 10.2. The van der Waals surface area contributed by atoms with E-state index in [1.807, 2.05) is 13.0 Å². The predicted molar refractivity (Wildman–Crippen MR) is 134 cm³/mol. The predicted octanol–water partition coefficient (Wildman–Crippen LogP) is 7.58. The fraction of sp³-hybridized carbons (Fsp3) is 0.929. The fourth-order valence-electron chi connectivity index (χ4n) is 7.78. The van der Waals surface area contributed by atoms with Crippen molar-refractivity contribution in [3.05, 3.63) is 11.6 Å². The molecular formula is C28H50O2Si. The maximum atomic E-state index is 10.2. The maximum Gasteiger partial charge on any atom is 0.192 e. The SMILES string of the molecule is [2H]C([2H])(O)[C@@H](C)[C@H]1CC[C@H]2[C@H]3[C@H](CC[C@]12C)[C@@]1(C)CC[C@H](O[Si](C)(C)C(C)(C)C)CC1=CC3([2H])[2H]. The zero-order valence-electron chi connectivity index (χ0n) is 25.3. The van der Waals surface area contributed by atoms with Crippen LogP contribution >= 0.6 is 0 Å². The summed E-state index contributed by atoms with van der Waals surface area (Å²) in [6.45, 7) is 15.8. The van der Waals surface area contributed by atoms with Crippen LogP contribution in [0.4, 0.5) is 0 Å². The standard InChI is InChI=1S/C28H50O2Si/c1-19(18-29)23-11-12-24-22-10-9-20-17-21(30-31(7,8)26(2,3)4)13-15-27(20,5)25(22)14-16-28(23,24)6/h9,19,21-25,29H,10-18H2,1-8H3/t19-,21+,22+,23-,24+,25+,27+,28-/m1/s1/i10D2,18D2. The van der Waals surface area contributed by atoms with Gasteiger partial charge in [-0.05, 0) is 110 Å². The monoisotopic (exact) mass is 450 g/mol. The first-order valence-electron chi connectivity index (χ1n) is 14.9. The first-order chi connectivity index (χ1) is 15.7. The Balaban J connectivity index is 1.62. The van der Waals surface area contributed by atoms with Crippen LogP contribution in [0, 0.1) is 40.4 Å². The van der Waals surface area contributed by atoms with E-state index in [0.29, 0.717) is 5.92 Å². The highest BCUT2D eigenvalue weighted by atomic mass is 28.4. The van der Waals surface area contributed by atoms with Crippen LogP contribution in [0.1, 0.15) is 98.3 Å². The Hall–Kier alpha value is -0.123. The molecular weight excluding hydrogens is 396 g/mol. The molecule has 0 heterocycles. The molecule has 1 N–H and O–H groups in total. The summed E-state index contributed by atoms with van der Waals surface area (Å²) >= 11 is 0. The third-order valence-corrected chi connectivity index (χ3v) is 15.4. The van der Waals surface area contributed by atoms with Gasteiger partial charge in [0.2, 0.25) is 0 Å².